The Hall–Kier alpha value is -1.03. The van der Waals surface area contributed by atoms with Crippen LogP contribution in [0.5, 0.6) is 0 Å². The molecule has 0 radical (unpaired) electrons. The van der Waals surface area contributed by atoms with E-state index in [-0.39, 0.29) is 19.4 Å². The molecule has 0 bridgehead atoms. The highest BCUT2D eigenvalue weighted by Crippen LogP contribution is 2.43. The van der Waals surface area contributed by atoms with Gasteiger partial charge in [-0.3, -0.25) is 18.6 Å². The number of carbonyl (C=O) groups excluding carboxylic acids is 2. The van der Waals surface area contributed by atoms with Crippen molar-refractivity contribution >= 4 is 19.8 Å². The van der Waals surface area contributed by atoms with Crippen molar-refractivity contribution in [2.24, 2.45) is 0 Å². The van der Waals surface area contributed by atoms with E-state index >= 15 is 0 Å². The van der Waals surface area contributed by atoms with E-state index in [1.54, 1.807) is 0 Å². The quantitative estimate of drug-likeness (QED) is 0.0305. The van der Waals surface area contributed by atoms with Gasteiger partial charge < -0.3 is 24.6 Å². The molecule has 0 aliphatic heterocycles. The average molecular weight is 961 g/mol. The average Bonchev–Trinajstić information content (AvgIpc) is 3.31. The summed E-state index contributed by atoms with van der Waals surface area (Å²) in [7, 11) is -4.62. The number of ether oxygens (including phenoxy) is 2. The van der Waals surface area contributed by atoms with E-state index in [1.807, 2.05) is 0 Å². The van der Waals surface area contributed by atoms with Gasteiger partial charge in [-0.25, -0.2) is 4.57 Å². The van der Waals surface area contributed by atoms with Gasteiger partial charge in [-0.2, -0.15) is 0 Å². The summed E-state index contributed by atoms with van der Waals surface area (Å²) in [6.07, 6.45) is 53.7. The highest BCUT2D eigenvalue weighted by atomic mass is 31.2. The van der Waals surface area contributed by atoms with Crippen LogP contribution in [-0.4, -0.2) is 65.7 Å². The van der Waals surface area contributed by atoms with Gasteiger partial charge in [0.05, 0.1) is 19.8 Å². The molecule has 0 spiro atoms. The Labute approximate surface area is 407 Å². The zero-order valence-corrected chi connectivity index (χ0v) is 44.3. The largest absolute Gasteiger partial charge is 0.472 e. The number of rotatable bonds is 55. The molecule has 0 saturated carbocycles. The van der Waals surface area contributed by atoms with Gasteiger partial charge in [0.25, 0.3) is 0 Å². The van der Waals surface area contributed by atoms with Crippen LogP contribution >= 0.6 is 7.82 Å². The summed E-state index contributed by atoms with van der Waals surface area (Å²) in [5, 5.41) is 18.4. The van der Waals surface area contributed by atoms with Gasteiger partial charge in [0.1, 0.15) is 12.7 Å². The second-order valence-corrected chi connectivity index (χ2v) is 21.1. The van der Waals surface area contributed by atoms with Crippen LogP contribution in [0.15, 0.2) is 0 Å². The van der Waals surface area contributed by atoms with Crippen LogP contribution in [-0.2, 0) is 32.7 Å². The molecule has 0 amide bonds. The van der Waals surface area contributed by atoms with Gasteiger partial charge >= 0.3 is 19.8 Å². The fourth-order valence-electron chi connectivity index (χ4n) is 8.65. The van der Waals surface area contributed by atoms with Crippen molar-refractivity contribution in [2.75, 3.05) is 26.4 Å². The Kier molecular flexibility index (Phi) is 51.0. The maximum absolute atomic E-state index is 12.7. The first kappa shape index (κ1) is 65.0. The Bertz CT molecular complexity index is 1060. The van der Waals surface area contributed by atoms with Crippen molar-refractivity contribution in [2.45, 2.75) is 315 Å². The maximum atomic E-state index is 12.7. The molecule has 0 aliphatic rings. The molecule has 0 rings (SSSR count). The van der Waals surface area contributed by atoms with E-state index < -0.39 is 51.8 Å². The van der Waals surface area contributed by atoms with E-state index in [2.05, 4.69) is 13.8 Å². The minimum Gasteiger partial charge on any atom is -0.462 e. The third-order valence-corrected chi connectivity index (χ3v) is 14.0. The molecule has 0 aromatic heterocycles. The van der Waals surface area contributed by atoms with Crippen molar-refractivity contribution in [3.63, 3.8) is 0 Å². The SMILES string of the molecule is CCCCCCCCCCCCCCCCCCCCCCCCC(=O)O[C@H](COC(=O)CCCCCCCCCCCCCCCCCCCCCCC)COP(=O)(O)OC[C@@H](O)CO. The fourth-order valence-corrected chi connectivity index (χ4v) is 9.44. The van der Waals surface area contributed by atoms with Gasteiger partial charge in [-0.05, 0) is 12.8 Å². The molecule has 1 unspecified atom stereocenters. The van der Waals surface area contributed by atoms with Crippen LogP contribution < -0.4 is 0 Å². The van der Waals surface area contributed by atoms with Gasteiger partial charge in [0.15, 0.2) is 6.10 Å². The first-order chi connectivity index (χ1) is 32.2. The van der Waals surface area contributed by atoms with Gasteiger partial charge in [0.2, 0.25) is 0 Å². The molecule has 66 heavy (non-hydrogen) atoms. The zero-order chi connectivity index (χ0) is 48.3. The Morgan fingerprint density at radius 2 is 0.652 bits per heavy atom. The number of phosphoric ester groups is 1. The second-order valence-electron chi connectivity index (χ2n) is 19.7. The summed E-state index contributed by atoms with van der Waals surface area (Å²) in [6.45, 7) is 2.47. The van der Waals surface area contributed by atoms with Crippen LogP contribution in [0.1, 0.15) is 303 Å². The van der Waals surface area contributed by atoms with Gasteiger partial charge in [-0.15, -0.1) is 0 Å². The van der Waals surface area contributed by atoms with Crippen molar-refractivity contribution in [1.82, 2.24) is 0 Å². The number of unbranched alkanes of at least 4 members (excludes halogenated alkanes) is 41. The standard InChI is InChI=1S/C55H109O10P/c1-3-5-7-9-11-13-15-17-19-21-23-25-27-29-31-33-35-37-39-41-43-45-47-55(59)65-53(51-64-66(60,61)63-49-52(57)48-56)50-62-54(58)46-44-42-40-38-36-34-32-30-28-26-24-22-20-18-16-14-12-10-8-6-4-2/h52-53,56-57H,3-51H2,1-2H3,(H,60,61)/t52-,53+/m0/s1. The Morgan fingerprint density at radius 3 is 0.939 bits per heavy atom. The van der Waals surface area contributed by atoms with Gasteiger partial charge in [-0.1, -0.05) is 277 Å². The summed E-state index contributed by atoms with van der Waals surface area (Å²) in [6, 6.07) is 0. The summed E-state index contributed by atoms with van der Waals surface area (Å²) in [5.74, 6) is -0.899. The summed E-state index contributed by atoms with van der Waals surface area (Å²) in [5.41, 5.74) is 0. The monoisotopic (exact) mass is 961 g/mol. The normalized spacial score (nSPS) is 13.5. The second kappa shape index (κ2) is 51.8. The van der Waals surface area contributed by atoms with Crippen molar-refractivity contribution in [3.8, 4) is 0 Å². The molecule has 11 heteroatoms. The minimum absolute atomic E-state index is 0.193. The molecule has 0 aromatic carbocycles. The lowest BCUT2D eigenvalue weighted by Gasteiger charge is -2.20. The van der Waals surface area contributed by atoms with E-state index in [0.29, 0.717) is 12.8 Å². The smallest absolute Gasteiger partial charge is 0.462 e. The zero-order valence-electron chi connectivity index (χ0n) is 43.4. The lowest BCUT2D eigenvalue weighted by Crippen LogP contribution is -2.29. The molecule has 3 atom stereocenters. The fraction of sp³-hybridized carbons (Fsp3) is 0.964. The first-order valence-corrected chi connectivity index (χ1v) is 30.0. The van der Waals surface area contributed by atoms with Gasteiger partial charge in [0, 0.05) is 12.8 Å². The number of carbonyl (C=O) groups is 2. The van der Waals surface area contributed by atoms with E-state index in [4.69, 9.17) is 23.6 Å². The molecule has 394 valence electrons. The minimum atomic E-state index is -4.62. The van der Waals surface area contributed by atoms with Crippen molar-refractivity contribution in [1.29, 1.82) is 0 Å². The third kappa shape index (κ3) is 50.8. The number of hydrogen-bond acceptors (Lipinski definition) is 9. The van der Waals surface area contributed by atoms with E-state index in [9.17, 15) is 24.2 Å². The summed E-state index contributed by atoms with van der Waals surface area (Å²) in [4.78, 5) is 35.3. The predicted octanol–water partition coefficient (Wildman–Crippen LogP) is 16.5. The van der Waals surface area contributed by atoms with Crippen LogP contribution in [0.25, 0.3) is 0 Å². The number of aliphatic hydroxyl groups is 2. The molecule has 0 heterocycles. The number of phosphoric acid groups is 1. The van der Waals surface area contributed by atoms with Crippen LogP contribution in [0.4, 0.5) is 0 Å². The van der Waals surface area contributed by atoms with Crippen LogP contribution in [0.2, 0.25) is 0 Å². The molecular formula is C55H109O10P. The molecule has 0 fully saturated rings. The highest BCUT2D eigenvalue weighted by Gasteiger charge is 2.27. The lowest BCUT2D eigenvalue weighted by atomic mass is 10.0. The highest BCUT2D eigenvalue weighted by molar-refractivity contribution is 7.47. The Balaban J connectivity index is 4.05. The van der Waals surface area contributed by atoms with Crippen molar-refractivity contribution < 1.29 is 47.8 Å². The summed E-state index contributed by atoms with van der Waals surface area (Å²) < 4.78 is 33.0. The third-order valence-electron chi connectivity index (χ3n) is 13.0. The van der Waals surface area contributed by atoms with E-state index in [0.717, 1.165) is 32.1 Å². The molecule has 0 saturated heterocycles. The molecule has 3 N–H and O–H groups in total. The number of esters is 2. The maximum Gasteiger partial charge on any atom is 0.472 e. The van der Waals surface area contributed by atoms with Crippen molar-refractivity contribution in [3.05, 3.63) is 0 Å². The lowest BCUT2D eigenvalue weighted by molar-refractivity contribution is -0.161. The topological polar surface area (TPSA) is 149 Å². The molecule has 10 nitrogen and oxygen atoms in total. The molecule has 0 aliphatic carbocycles. The predicted molar refractivity (Wildman–Crippen MR) is 275 cm³/mol. The van der Waals surface area contributed by atoms with E-state index in [1.165, 1.54) is 231 Å². The van der Waals surface area contributed by atoms with Crippen LogP contribution in [0.3, 0.4) is 0 Å². The summed E-state index contributed by atoms with van der Waals surface area (Å²) >= 11 is 0. The Morgan fingerprint density at radius 1 is 0.394 bits per heavy atom. The number of aliphatic hydroxyl groups excluding tert-OH is 2. The molecule has 0 aromatic rings. The first-order valence-electron chi connectivity index (χ1n) is 28.5. The number of hydrogen-bond donors (Lipinski definition) is 3. The van der Waals surface area contributed by atoms with Crippen LogP contribution in [0, 0.1) is 0 Å². The molecular weight excluding hydrogens is 852 g/mol.